The molecule has 5 heteroatoms. The molecule has 0 spiro atoms. The summed E-state index contributed by atoms with van der Waals surface area (Å²) in [5.41, 5.74) is 6.57. The fourth-order valence-electron chi connectivity index (χ4n) is 2.61. The average Bonchev–Trinajstić information content (AvgIpc) is 2.44. The smallest absolute Gasteiger partial charge is 0.238 e. The van der Waals surface area contributed by atoms with Crippen molar-refractivity contribution < 1.29 is 4.79 Å². The number of carbonyl (C=O) groups is 1. The molecule has 1 amide bonds. The van der Waals surface area contributed by atoms with E-state index in [2.05, 4.69) is 33.1 Å². The second-order valence-electron chi connectivity index (χ2n) is 5.49. The molecule has 1 saturated heterocycles. The van der Waals surface area contributed by atoms with Crippen LogP contribution in [0.4, 0.5) is 5.69 Å². The Morgan fingerprint density at radius 1 is 1.45 bits per heavy atom. The molecule has 0 saturated carbocycles. The molecule has 3 N–H and O–H groups in total. The van der Waals surface area contributed by atoms with Crippen LogP contribution in [0.1, 0.15) is 19.8 Å². The van der Waals surface area contributed by atoms with Gasteiger partial charge >= 0.3 is 0 Å². The van der Waals surface area contributed by atoms with Crippen molar-refractivity contribution in [2.45, 2.75) is 25.8 Å². The molecule has 2 rings (SSSR count). The van der Waals surface area contributed by atoms with E-state index in [0.29, 0.717) is 25.0 Å². The summed E-state index contributed by atoms with van der Waals surface area (Å²) in [6, 6.07) is 8.10. The van der Waals surface area contributed by atoms with E-state index in [9.17, 15) is 4.79 Å². The number of nitrogens with two attached hydrogens (primary N) is 1. The minimum Gasteiger partial charge on any atom is -0.330 e. The highest BCUT2D eigenvalue weighted by atomic mass is 79.9. The van der Waals surface area contributed by atoms with E-state index in [1.807, 2.05) is 24.3 Å². The van der Waals surface area contributed by atoms with Crippen molar-refractivity contribution in [3.63, 3.8) is 0 Å². The van der Waals surface area contributed by atoms with E-state index in [0.717, 1.165) is 23.1 Å². The molecular weight excluding hydrogens is 318 g/mol. The predicted octanol–water partition coefficient (Wildman–Crippen LogP) is 2.45. The van der Waals surface area contributed by atoms with Crippen LogP contribution < -0.4 is 11.1 Å². The predicted molar refractivity (Wildman–Crippen MR) is 85.6 cm³/mol. The van der Waals surface area contributed by atoms with Gasteiger partial charge in [0, 0.05) is 17.1 Å². The third kappa shape index (κ3) is 4.04. The zero-order valence-corrected chi connectivity index (χ0v) is 13.4. The molecule has 1 aliphatic heterocycles. The molecule has 110 valence electrons. The fraction of sp³-hybridized carbons (Fsp3) is 0.533. The monoisotopic (exact) mass is 339 g/mol. The summed E-state index contributed by atoms with van der Waals surface area (Å²) in [6.07, 6.45) is 2.28. The molecule has 1 fully saturated rings. The minimum absolute atomic E-state index is 0.0291. The highest BCUT2D eigenvalue weighted by Gasteiger charge is 2.26. The fourth-order valence-corrected chi connectivity index (χ4v) is 3.00. The molecule has 1 aromatic carbocycles. The molecule has 20 heavy (non-hydrogen) atoms. The number of para-hydroxylation sites is 1. The first kappa shape index (κ1) is 15.5. The Labute approximate surface area is 128 Å². The maximum Gasteiger partial charge on any atom is 0.238 e. The molecular formula is C15H22BrN3O. The van der Waals surface area contributed by atoms with Crippen LogP contribution in [0.25, 0.3) is 0 Å². The van der Waals surface area contributed by atoms with Crippen molar-refractivity contribution in [2.75, 3.05) is 25.0 Å². The first-order chi connectivity index (χ1) is 9.60. The number of anilines is 1. The zero-order chi connectivity index (χ0) is 14.5. The first-order valence-corrected chi connectivity index (χ1v) is 7.88. The number of hydrogen-bond donors (Lipinski definition) is 2. The number of carbonyl (C=O) groups excluding carboxylic acids is 1. The lowest BCUT2D eigenvalue weighted by Crippen LogP contribution is -2.47. The van der Waals surface area contributed by atoms with Gasteiger partial charge < -0.3 is 11.1 Å². The normalized spacial score (nSPS) is 23.6. The molecule has 0 aromatic heterocycles. The van der Waals surface area contributed by atoms with Crippen LogP contribution in [-0.2, 0) is 4.79 Å². The van der Waals surface area contributed by atoms with E-state index in [1.165, 1.54) is 6.42 Å². The molecule has 0 radical (unpaired) electrons. The number of likely N-dealkylation sites (tertiary alicyclic amines) is 1. The molecule has 2 atom stereocenters. The largest absolute Gasteiger partial charge is 0.330 e. The van der Waals surface area contributed by atoms with E-state index in [1.54, 1.807) is 0 Å². The van der Waals surface area contributed by atoms with Crippen LogP contribution in [0.15, 0.2) is 28.7 Å². The van der Waals surface area contributed by atoms with Gasteiger partial charge in [0.2, 0.25) is 5.91 Å². The lowest BCUT2D eigenvalue weighted by molar-refractivity contribution is -0.118. The number of piperidine rings is 1. The van der Waals surface area contributed by atoms with Gasteiger partial charge in [0.25, 0.3) is 0 Å². The van der Waals surface area contributed by atoms with Gasteiger partial charge in [0.05, 0.1) is 12.2 Å². The van der Waals surface area contributed by atoms with Crippen LogP contribution in [0.3, 0.4) is 0 Å². The van der Waals surface area contributed by atoms with Crippen LogP contribution in [-0.4, -0.2) is 36.5 Å². The Morgan fingerprint density at radius 3 is 2.90 bits per heavy atom. The van der Waals surface area contributed by atoms with Crippen molar-refractivity contribution in [3.8, 4) is 0 Å². The maximum absolute atomic E-state index is 12.2. The number of nitrogens with zero attached hydrogens (tertiary/aromatic N) is 1. The molecule has 1 heterocycles. The second kappa shape index (κ2) is 7.20. The molecule has 4 nitrogen and oxygen atoms in total. The van der Waals surface area contributed by atoms with Crippen LogP contribution in [0.5, 0.6) is 0 Å². The van der Waals surface area contributed by atoms with E-state index in [4.69, 9.17) is 5.73 Å². The van der Waals surface area contributed by atoms with Gasteiger partial charge in [0.1, 0.15) is 0 Å². The topological polar surface area (TPSA) is 58.4 Å². The summed E-state index contributed by atoms with van der Waals surface area (Å²) in [6.45, 7) is 4.23. The summed E-state index contributed by atoms with van der Waals surface area (Å²) in [4.78, 5) is 14.4. The summed E-state index contributed by atoms with van der Waals surface area (Å²) < 4.78 is 0.903. The number of halogens is 1. The highest BCUT2D eigenvalue weighted by Crippen LogP contribution is 2.23. The van der Waals surface area contributed by atoms with Gasteiger partial charge in [-0.2, -0.15) is 0 Å². The molecule has 0 aliphatic carbocycles. The first-order valence-electron chi connectivity index (χ1n) is 7.08. The Morgan fingerprint density at radius 2 is 2.20 bits per heavy atom. The van der Waals surface area contributed by atoms with Crippen molar-refractivity contribution in [1.29, 1.82) is 0 Å². The number of rotatable bonds is 4. The van der Waals surface area contributed by atoms with Gasteiger partial charge in [-0.1, -0.05) is 12.1 Å². The Balaban J connectivity index is 1.92. The zero-order valence-electron chi connectivity index (χ0n) is 11.8. The lowest BCUT2D eigenvalue weighted by Gasteiger charge is -2.37. The number of hydrogen-bond acceptors (Lipinski definition) is 3. The maximum atomic E-state index is 12.2. The van der Waals surface area contributed by atoms with Gasteiger partial charge in [-0.15, -0.1) is 0 Å². The Bertz CT molecular complexity index is 466. The number of amides is 1. The molecule has 2 unspecified atom stereocenters. The number of benzene rings is 1. The minimum atomic E-state index is 0.0291. The van der Waals surface area contributed by atoms with Crippen LogP contribution in [0, 0.1) is 5.92 Å². The number of nitrogens with one attached hydrogen (secondary N) is 1. The van der Waals surface area contributed by atoms with Gasteiger partial charge in [-0.3, -0.25) is 9.69 Å². The van der Waals surface area contributed by atoms with Gasteiger partial charge in [-0.05, 0) is 60.3 Å². The SMILES string of the molecule is CC1CCC(CN)CN1CC(=O)Nc1ccccc1Br. The van der Waals surface area contributed by atoms with Gasteiger partial charge in [-0.25, -0.2) is 0 Å². The summed E-state index contributed by atoms with van der Waals surface area (Å²) in [7, 11) is 0. The highest BCUT2D eigenvalue weighted by molar-refractivity contribution is 9.10. The quantitative estimate of drug-likeness (QED) is 0.885. The summed E-state index contributed by atoms with van der Waals surface area (Å²) in [5, 5.41) is 2.95. The van der Waals surface area contributed by atoms with Crippen molar-refractivity contribution >= 4 is 27.5 Å². The molecule has 0 bridgehead atoms. The van der Waals surface area contributed by atoms with Crippen LogP contribution >= 0.6 is 15.9 Å². The lowest BCUT2D eigenvalue weighted by atomic mass is 9.93. The van der Waals surface area contributed by atoms with E-state index < -0.39 is 0 Å². The van der Waals surface area contributed by atoms with E-state index in [-0.39, 0.29) is 5.91 Å². The van der Waals surface area contributed by atoms with Crippen molar-refractivity contribution in [1.82, 2.24) is 4.90 Å². The van der Waals surface area contributed by atoms with Crippen molar-refractivity contribution in [2.24, 2.45) is 11.7 Å². The average molecular weight is 340 g/mol. The standard InChI is InChI=1S/C15H22BrN3O/c1-11-6-7-12(8-17)9-19(11)10-15(20)18-14-5-3-2-4-13(14)16/h2-5,11-12H,6-10,17H2,1H3,(H,18,20). The Hall–Kier alpha value is -0.910. The Kier molecular flexibility index (Phi) is 5.57. The third-order valence-corrected chi connectivity index (χ3v) is 4.63. The van der Waals surface area contributed by atoms with E-state index >= 15 is 0 Å². The van der Waals surface area contributed by atoms with Crippen LogP contribution in [0.2, 0.25) is 0 Å². The van der Waals surface area contributed by atoms with Crippen molar-refractivity contribution in [3.05, 3.63) is 28.7 Å². The summed E-state index contributed by atoms with van der Waals surface area (Å²) >= 11 is 3.44. The third-order valence-electron chi connectivity index (χ3n) is 3.94. The second-order valence-corrected chi connectivity index (χ2v) is 6.34. The molecule has 1 aromatic rings. The molecule has 1 aliphatic rings. The summed E-state index contributed by atoms with van der Waals surface area (Å²) in [5.74, 6) is 0.545. The van der Waals surface area contributed by atoms with Gasteiger partial charge in [0.15, 0.2) is 0 Å².